The van der Waals surface area contributed by atoms with Gasteiger partial charge in [0, 0.05) is 17.3 Å². The van der Waals surface area contributed by atoms with Gasteiger partial charge in [-0.1, -0.05) is 12.8 Å². The topological polar surface area (TPSA) is 67.4 Å². The number of rotatable bonds is 3. The van der Waals surface area contributed by atoms with E-state index in [1.807, 2.05) is 0 Å². The Kier molecular flexibility index (Phi) is 4.26. The lowest BCUT2D eigenvalue weighted by atomic mass is 10.0. The van der Waals surface area contributed by atoms with Crippen LogP contribution in [0.1, 0.15) is 46.5 Å². The van der Waals surface area contributed by atoms with Crippen molar-refractivity contribution in [2.24, 2.45) is 5.92 Å². The normalized spacial score (nSPS) is 18.3. The average molecular weight is 308 g/mol. The molecule has 21 heavy (non-hydrogen) atoms. The van der Waals surface area contributed by atoms with Crippen LogP contribution < -0.4 is 10.6 Å². The molecule has 2 heterocycles. The van der Waals surface area contributed by atoms with E-state index in [9.17, 15) is 9.59 Å². The molecule has 3 rings (SSSR count). The zero-order valence-corrected chi connectivity index (χ0v) is 13.0. The summed E-state index contributed by atoms with van der Waals surface area (Å²) in [5, 5.41) is 6.93. The number of hydrogen-bond donors (Lipinski definition) is 2. The Balaban J connectivity index is 1.88. The standard InChI is InChI=1S/C15H20N2O3S/c1-20-15(19)12-10-6-7-16-8-11(10)21-14(12)17-13(18)9-4-2-3-5-9/h9,16H,2-8H2,1H3,(H,17,18). The van der Waals surface area contributed by atoms with Crippen molar-refractivity contribution in [1.29, 1.82) is 0 Å². The van der Waals surface area contributed by atoms with Crippen LogP contribution >= 0.6 is 11.3 Å². The predicted molar refractivity (Wildman–Crippen MR) is 81.7 cm³/mol. The molecule has 1 amide bonds. The highest BCUT2D eigenvalue weighted by Crippen LogP contribution is 2.37. The Bertz CT molecular complexity index is 562. The molecule has 0 saturated heterocycles. The van der Waals surface area contributed by atoms with Crippen molar-refractivity contribution in [2.75, 3.05) is 19.0 Å². The van der Waals surface area contributed by atoms with E-state index >= 15 is 0 Å². The van der Waals surface area contributed by atoms with Crippen LogP contribution in [0.2, 0.25) is 0 Å². The maximum atomic E-state index is 12.3. The molecular formula is C15H20N2O3S. The maximum Gasteiger partial charge on any atom is 0.341 e. The largest absolute Gasteiger partial charge is 0.465 e. The van der Waals surface area contributed by atoms with Gasteiger partial charge in [0.2, 0.25) is 5.91 Å². The van der Waals surface area contributed by atoms with E-state index in [1.165, 1.54) is 18.4 Å². The van der Waals surface area contributed by atoms with Crippen molar-refractivity contribution in [3.05, 3.63) is 16.0 Å². The summed E-state index contributed by atoms with van der Waals surface area (Å²) in [4.78, 5) is 25.5. The van der Waals surface area contributed by atoms with Gasteiger partial charge in [-0.3, -0.25) is 4.79 Å². The lowest BCUT2D eigenvalue weighted by Gasteiger charge is -2.13. The Labute approximate surface area is 128 Å². The quantitative estimate of drug-likeness (QED) is 0.841. The Hall–Kier alpha value is -1.40. The van der Waals surface area contributed by atoms with Crippen molar-refractivity contribution in [2.45, 2.75) is 38.6 Å². The summed E-state index contributed by atoms with van der Waals surface area (Å²) in [5.74, 6) is -0.215. The van der Waals surface area contributed by atoms with Gasteiger partial charge in [0.1, 0.15) is 5.00 Å². The third kappa shape index (κ3) is 2.82. The SMILES string of the molecule is COC(=O)c1c(NC(=O)C2CCCC2)sc2c1CCNC2. The van der Waals surface area contributed by atoms with E-state index in [4.69, 9.17) is 4.74 Å². The summed E-state index contributed by atoms with van der Waals surface area (Å²) in [7, 11) is 1.38. The second-order valence-corrected chi connectivity index (χ2v) is 6.70. The molecule has 2 aliphatic rings. The van der Waals surface area contributed by atoms with Crippen molar-refractivity contribution in [3.63, 3.8) is 0 Å². The number of ether oxygens (including phenoxy) is 1. The number of hydrogen-bond acceptors (Lipinski definition) is 5. The van der Waals surface area contributed by atoms with E-state index in [2.05, 4.69) is 10.6 Å². The van der Waals surface area contributed by atoms with Crippen LogP contribution in [-0.4, -0.2) is 25.5 Å². The van der Waals surface area contributed by atoms with Crippen molar-refractivity contribution >= 4 is 28.2 Å². The van der Waals surface area contributed by atoms with Crippen LogP contribution in [0.4, 0.5) is 5.00 Å². The number of carbonyl (C=O) groups excluding carboxylic acids is 2. The highest BCUT2D eigenvalue weighted by atomic mass is 32.1. The van der Waals surface area contributed by atoms with Crippen LogP contribution in [0.5, 0.6) is 0 Å². The highest BCUT2D eigenvalue weighted by Gasteiger charge is 2.29. The van der Waals surface area contributed by atoms with Gasteiger partial charge < -0.3 is 15.4 Å². The van der Waals surface area contributed by atoms with Crippen LogP contribution in [0.15, 0.2) is 0 Å². The van der Waals surface area contributed by atoms with E-state index in [0.717, 1.165) is 55.6 Å². The molecule has 1 saturated carbocycles. The monoisotopic (exact) mass is 308 g/mol. The first kappa shape index (κ1) is 14.5. The van der Waals surface area contributed by atoms with E-state index in [0.29, 0.717) is 10.6 Å². The van der Waals surface area contributed by atoms with Gasteiger partial charge in [0.25, 0.3) is 0 Å². The molecule has 1 fully saturated rings. The molecule has 0 radical (unpaired) electrons. The smallest absolute Gasteiger partial charge is 0.341 e. The highest BCUT2D eigenvalue weighted by molar-refractivity contribution is 7.17. The summed E-state index contributed by atoms with van der Waals surface area (Å²) in [5.41, 5.74) is 1.60. The molecule has 0 aromatic carbocycles. The fourth-order valence-corrected chi connectivity index (χ4v) is 4.35. The van der Waals surface area contributed by atoms with Gasteiger partial charge in [-0.25, -0.2) is 4.79 Å². The van der Waals surface area contributed by atoms with Gasteiger partial charge >= 0.3 is 5.97 Å². The van der Waals surface area contributed by atoms with Gasteiger partial charge in [0.15, 0.2) is 0 Å². The second-order valence-electron chi connectivity index (χ2n) is 5.60. The summed E-state index contributed by atoms with van der Waals surface area (Å²) in [6, 6.07) is 0. The van der Waals surface area contributed by atoms with Crippen molar-refractivity contribution in [3.8, 4) is 0 Å². The molecule has 5 nitrogen and oxygen atoms in total. The maximum absolute atomic E-state index is 12.3. The van der Waals surface area contributed by atoms with Crippen LogP contribution in [-0.2, 0) is 22.5 Å². The second kappa shape index (κ2) is 6.15. The minimum Gasteiger partial charge on any atom is -0.465 e. The fraction of sp³-hybridized carbons (Fsp3) is 0.600. The number of fused-ring (bicyclic) bond motifs is 1. The molecule has 1 aromatic rings. The minimum atomic E-state index is -0.351. The summed E-state index contributed by atoms with van der Waals surface area (Å²) in [6.07, 6.45) is 4.94. The molecular weight excluding hydrogens is 288 g/mol. The number of amides is 1. The Morgan fingerprint density at radius 3 is 2.81 bits per heavy atom. The zero-order valence-electron chi connectivity index (χ0n) is 12.2. The Morgan fingerprint density at radius 2 is 2.10 bits per heavy atom. The van der Waals surface area contributed by atoms with Gasteiger partial charge in [-0.2, -0.15) is 0 Å². The molecule has 0 atom stereocenters. The minimum absolute atomic E-state index is 0.0456. The number of anilines is 1. The first-order chi connectivity index (χ1) is 10.2. The summed E-state index contributed by atoms with van der Waals surface area (Å²) < 4.78 is 4.90. The average Bonchev–Trinajstić information content (AvgIpc) is 3.13. The zero-order chi connectivity index (χ0) is 14.8. The number of thiophene rings is 1. The van der Waals surface area contributed by atoms with Crippen LogP contribution in [0, 0.1) is 5.92 Å². The summed E-state index contributed by atoms with van der Waals surface area (Å²) >= 11 is 1.50. The van der Waals surface area contributed by atoms with Crippen LogP contribution in [0.3, 0.4) is 0 Å². The lowest BCUT2D eigenvalue weighted by Crippen LogP contribution is -2.24. The van der Waals surface area contributed by atoms with Crippen molar-refractivity contribution in [1.82, 2.24) is 5.32 Å². The molecule has 6 heteroatoms. The van der Waals surface area contributed by atoms with Crippen LogP contribution in [0.25, 0.3) is 0 Å². The van der Waals surface area contributed by atoms with Gasteiger partial charge in [0.05, 0.1) is 12.7 Å². The predicted octanol–water partition coefficient (Wildman–Crippen LogP) is 2.31. The first-order valence-electron chi connectivity index (χ1n) is 7.45. The molecule has 0 bridgehead atoms. The molecule has 1 aliphatic heterocycles. The number of esters is 1. The van der Waals surface area contributed by atoms with E-state index < -0.39 is 0 Å². The molecule has 0 spiro atoms. The lowest BCUT2D eigenvalue weighted by molar-refractivity contribution is -0.119. The van der Waals surface area contributed by atoms with E-state index in [1.54, 1.807) is 0 Å². The number of nitrogens with one attached hydrogen (secondary N) is 2. The molecule has 2 N–H and O–H groups in total. The van der Waals surface area contributed by atoms with Gasteiger partial charge in [-0.05, 0) is 31.4 Å². The Morgan fingerprint density at radius 1 is 1.33 bits per heavy atom. The van der Waals surface area contributed by atoms with Gasteiger partial charge in [-0.15, -0.1) is 11.3 Å². The first-order valence-corrected chi connectivity index (χ1v) is 8.26. The molecule has 1 aromatic heterocycles. The molecule has 0 unspecified atom stereocenters. The fourth-order valence-electron chi connectivity index (χ4n) is 3.14. The summed E-state index contributed by atoms with van der Waals surface area (Å²) in [6.45, 7) is 1.60. The number of carbonyl (C=O) groups is 2. The molecule has 114 valence electrons. The van der Waals surface area contributed by atoms with E-state index in [-0.39, 0.29) is 17.8 Å². The molecule has 1 aliphatic carbocycles. The third-order valence-corrected chi connectivity index (χ3v) is 5.43. The third-order valence-electron chi connectivity index (χ3n) is 4.28. The number of methoxy groups -OCH3 is 1. The van der Waals surface area contributed by atoms with Crippen molar-refractivity contribution < 1.29 is 14.3 Å².